The molecule has 0 aliphatic heterocycles. The molecule has 0 saturated heterocycles. The Balaban J connectivity index is 2.64. The molecule has 0 radical (unpaired) electrons. The van der Waals surface area contributed by atoms with Gasteiger partial charge in [0.15, 0.2) is 11.5 Å². The Hall–Kier alpha value is -0.780. The number of ether oxygens (including phenoxy) is 2. The van der Waals surface area contributed by atoms with Crippen molar-refractivity contribution in [2.75, 3.05) is 40.4 Å². The Bertz CT molecular complexity index is 439. The highest BCUT2D eigenvalue weighted by Crippen LogP contribution is 2.34. The summed E-state index contributed by atoms with van der Waals surface area (Å²) in [6.07, 6.45) is 2.12. The second kappa shape index (κ2) is 10.9. The van der Waals surface area contributed by atoms with Crippen molar-refractivity contribution in [2.45, 2.75) is 33.2 Å². The predicted molar refractivity (Wildman–Crippen MR) is 96.0 cm³/mol. The maximum atomic E-state index is 5.76. The van der Waals surface area contributed by atoms with E-state index in [2.05, 4.69) is 53.2 Å². The summed E-state index contributed by atoms with van der Waals surface area (Å²) in [4.78, 5) is 2.20. The van der Waals surface area contributed by atoms with Gasteiger partial charge in [-0.15, -0.1) is 0 Å². The fraction of sp³-hybridized carbons (Fsp3) is 0.647. The Morgan fingerprint density at radius 3 is 2.50 bits per heavy atom. The smallest absolute Gasteiger partial charge is 0.162 e. The molecule has 0 amide bonds. The average molecular weight is 373 g/mol. The summed E-state index contributed by atoms with van der Waals surface area (Å²) >= 11 is 3.63. The third-order valence-electron chi connectivity index (χ3n) is 3.15. The summed E-state index contributed by atoms with van der Waals surface area (Å²) in [6.45, 7) is 8.35. The van der Waals surface area contributed by atoms with Crippen LogP contribution in [0.3, 0.4) is 0 Å². The molecular formula is C17H29BrN2O2. The zero-order valence-corrected chi connectivity index (χ0v) is 15.8. The van der Waals surface area contributed by atoms with Gasteiger partial charge in [-0.3, -0.25) is 0 Å². The molecule has 1 aromatic rings. The van der Waals surface area contributed by atoms with E-state index in [1.165, 1.54) is 5.56 Å². The van der Waals surface area contributed by atoms with Crippen LogP contribution in [0, 0.1) is 0 Å². The lowest BCUT2D eigenvalue weighted by molar-refractivity contribution is 0.276. The van der Waals surface area contributed by atoms with Crippen LogP contribution in [0.4, 0.5) is 0 Å². The summed E-state index contributed by atoms with van der Waals surface area (Å²) in [5.41, 5.74) is 1.19. The molecule has 126 valence electrons. The van der Waals surface area contributed by atoms with Crippen molar-refractivity contribution in [3.8, 4) is 11.5 Å². The molecule has 0 aliphatic carbocycles. The zero-order chi connectivity index (χ0) is 16.4. The first-order valence-electron chi connectivity index (χ1n) is 8.01. The molecule has 0 aliphatic rings. The molecule has 0 saturated carbocycles. The normalized spacial score (nSPS) is 11.0. The first kappa shape index (κ1) is 19.3. The van der Waals surface area contributed by atoms with E-state index in [4.69, 9.17) is 9.47 Å². The lowest BCUT2D eigenvalue weighted by Gasteiger charge is -2.15. The Morgan fingerprint density at radius 2 is 1.86 bits per heavy atom. The van der Waals surface area contributed by atoms with Crippen LogP contribution in [0.5, 0.6) is 11.5 Å². The number of hydrogen-bond acceptors (Lipinski definition) is 4. The largest absolute Gasteiger partial charge is 0.490 e. The van der Waals surface area contributed by atoms with Gasteiger partial charge in [0, 0.05) is 11.0 Å². The quantitative estimate of drug-likeness (QED) is 0.600. The molecule has 22 heavy (non-hydrogen) atoms. The van der Waals surface area contributed by atoms with Gasteiger partial charge in [-0.25, -0.2) is 0 Å². The molecule has 1 rings (SSSR count). The van der Waals surface area contributed by atoms with E-state index >= 15 is 0 Å². The van der Waals surface area contributed by atoms with Gasteiger partial charge in [0.05, 0.1) is 13.2 Å². The summed E-state index contributed by atoms with van der Waals surface area (Å²) < 4.78 is 12.5. The monoisotopic (exact) mass is 372 g/mol. The third-order valence-corrected chi connectivity index (χ3v) is 3.89. The minimum absolute atomic E-state index is 0.639. The van der Waals surface area contributed by atoms with Crippen LogP contribution in [-0.2, 0) is 6.54 Å². The maximum absolute atomic E-state index is 5.76. The Kier molecular flexibility index (Phi) is 9.52. The van der Waals surface area contributed by atoms with Crippen molar-refractivity contribution in [1.82, 2.24) is 10.2 Å². The van der Waals surface area contributed by atoms with Gasteiger partial charge in [0.2, 0.25) is 0 Å². The van der Waals surface area contributed by atoms with Crippen molar-refractivity contribution < 1.29 is 9.47 Å². The van der Waals surface area contributed by atoms with Crippen molar-refractivity contribution >= 4 is 15.9 Å². The van der Waals surface area contributed by atoms with Crippen LogP contribution in [0.25, 0.3) is 0 Å². The summed E-state index contributed by atoms with van der Waals surface area (Å²) in [5, 5.41) is 3.48. The second-order valence-electron chi connectivity index (χ2n) is 5.51. The van der Waals surface area contributed by atoms with Crippen molar-refractivity contribution in [2.24, 2.45) is 0 Å². The number of benzene rings is 1. The van der Waals surface area contributed by atoms with Crippen LogP contribution >= 0.6 is 15.9 Å². The molecule has 0 aromatic heterocycles. The molecule has 1 aromatic carbocycles. The van der Waals surface area contributed by atoms with E-state index in [0.29, 0.717) is 13.2 Å². The molecule has 4 nitrogen and oxygen atoms in total. The molecule has 0 fully saturated rings. The number of hydrogen-bond donors (Lipinski definition) is 1. The molecule has 1 N–H and O–H groups in total. The van der Waals surface area contributed by atoms with Gasteiger partial charge in [-0.05, 0) is 64.6 Å². The Labute approximate surface area is 143 Å². The molecule has 0 heterocycles. The Morgan fingerprint density at radius 1 is 1.14 bits per heavy atom. The van der Waals surface area contributed by atoms with Crippen LogP contribution in [0.1, 0.15) is 32.3 Å². The summed E-state index contributed by atoms with van der Waals surface area (Å²) in [5.74, 6) is 1.64. The number of rotatable bonds is 11. The van der Waals surface area contributed by atoms with Crippen molar-refractivity contribution in [3.05, 3.63) is 22.2 Å². The maximum Gasteiger partial charge on any atom is 0.162 e. The fourth-order valence-corrected chi connectivity index (χ4v) is 2.51. The summed E-state index contributed by atoms with van der Waals surface area (Å²) in [6, 6.07) is 4.08. The van der Waals surface area contributed by atoms with Crippen molar-refractivity contribution in [3.63, 3.8) is 0 Å². The second-order valence-corrected chi connectivity index (χ2v) is 6.36. The average Bonchev–Trinajstić information content (AvgIpc) is 2.48. The van der Waals surface area contributed by atoms with E-state index in [-0.39, 0.29) is 0 Å². The highest BCUT2D eigenvalue weighted by atomic mass is 79.9. The highest BCUT2D eigenvalue weighted by Gasteiger charge is 2.10. The van der Waals surface area contributed by atoms with Gasteiger partial charge >= 0.3 is 0 Å². The lowest BCUT2D eigenvalue weighted by atomic mass is 10.2. The molecule has 0 bridgehead atoms. The molecule has 0 atom stereocenters. The van der Waals surface area contributed by atoms with Crippen LogP contribution < -0.4 is 14.8 Å². The van der Waals surface area contributed by atoms with E-state index < -0.39 is 0 Å². The topological polar surface area (TPSA) is 33.7 Å². The first-order valence-corrected chi connectivity index (χ1v) is 8.81. The van der Waals surface area contributed by atoms with Gasteiger partial charge in [-0.2, -0.15) is 0 Å². The number of nitrogens with zero attached hydrogens (tertiary/aromatic N) is 1. The van der Waals surface area contributed by atoms with E-state index in [1.807, 2.05) is 13.0 Å². The molecular weight excluding hydrogens is 344 g/mol. The SMILES string of the molecule is CCCOc1cc(Br)c(CNCCCN(C)C)cc1OCC. The first-order chi connectivity index (χ1) is 10.6. The van der Waals surface area contributed by atoms with Gasteiger partial charge in [0.25, 0.3) is 0 Å². The van der Waals surface area contributed by atoms with E-state index in [9.17, 15) is 0 Å². The highest BCUT2D eigenvalue weighted by molar-refractivity contribution is 9.10. The van der Waals surface area contributed by atoms with Gasteiger partial charge in [-0.1, -0.05) is 22.9 Å². The van der Waals surface area contributed by atoms with E-state index in [1.54, 1.807) is 0 Å². The van der Waals surface area contributed by atoms with Gasteiger partial charge in [0.1, 0.15) is 0 Å². The third kappa shape index (κ3) is 6.99. The summed E-state index contributed by atoms with van der Waals surface area (Å²) in [7, 11) is 4.19. The van der Waals surface area contributed by atoms with Crippen LogP contribution in [-0.4, -0.2) is 45.3 Å². The lowest BCUT2D eigenvalue weighted by Crippen LogP contribution is -2.21. The van der Waals surface area contributed by atoms with Crippen molar-refractivity contribution in [1.29, 1.82) is 0 Å². The fourth-order valence-electron chi connectivity index (χ4n) is 2.05. The zero-order valence-electron chi connectivity index (χ0n) is 14.2. The molecule has 5 heteroatoms. The molecule has 0 spiro atoms. The van der Waals surface area contributed by atoms with Crippen LogP contribution in [0.2, 0.25) is 0 Å². The number of halogens is 1. The van der Waals surface area contributed by atoms with Crippen LogP contribution in [0.15, 0.2) is 16.6 Å². The van der Waals surface area contributed by atoms with Gasteiger partial charge < -0.3 is 19.7 Å². The predicted octanol–water partition coefficient (Wildman–Crippen LogP) is 3.68. The number of nitrogens with one attached hydrogen (secondary N) is 1. The molecule has 0 unspecified atom stereocenters. The minimum atomic E-state index is 0.639. The van der Waals surface area contributed by atoms with E-state index in [0.717, 1.165) is 48.4 Å². The standard InChI is InChI=1S/C17H29BrN2O2/c1-5-10-22-17-12-15(18)14(11-16(17)21-6-2)13-19-8-7-9-20(3)4/h11-12,19H,5-10,13H2,1-4H3. The minimum Gasteiger partial charge on any atom is -0.490 e.